The molecular weight excluding hydrogens is 334 g/mol. The van der Waals surface area contributed by atoms with Crippen LogP contribution in [-0.2, 0) is 6.61 Å². The molecule has 1 N–H and O–H groups in total. The Labute approximate surface area is 163 Å². The molecular formula is C23H31N3O. The maximum atomic E-state index is 8.80. The number of nitrogens with one attached hydrogen (secondary N) is 1. The van der Waals surface area contributed by atoms with Crippen LogP contribution in [0.1, 0.15) is 55.5 Å². The van der Waals surface area contributed by atoms with E-state index in [4.69, 9.17) is 10.00 Å². The number of hydrogen-bond donors (Lipinski definition) is 1. The molecule has 0 saturated heterocycles. The highest BCUT2D eigenvalue weighted by atomic mass is 16.5. The lowest BCUT2D eigenvalue weighted by Crippen LogP contribution is -2.18. The second-order valence-electron chi connectivity index (χ2n) is 7.29. The molecule has 4 nitrogen and oxygen atoms in total. The van der Waals surface area contributed by atoms with Crippen molar-refractivity contribution in [1.82, 2.24) is 10.3 Å². The summed E-state index contributed by atoms with van der Waals surface area (Å²) in [5.74, 6) is 1.58. The molecule has 1 aromatic heterocycles. The first-order chi connectivity index (χ1) is 13.0. The number of hydrogen-bond acceptors (Lipinski definition) is 4. The van der Waals surface area contributed by atoms with Crippen molar-refractivity contribution in [3.63, 3.8) is 0 Å². The van der Waals surface area contributed by atoms with Crippen LogP contribution in [0.5, 0.6) is 5.88 Å². The molecule has 0 bridgehead atoms. The molecule has 0 amide bonds. The van der Waals surface area contributed by atoms with Crippen molar-refractivity contribution in [1.29, 1.82) is 5.26 Å². The third-order valence-corrected chi connectivity index (χ3v) is 4.76. The van der Waals surface area contributed by atoms with Crippen molar-refractivity contribution < 1.29 is 4.74 Å². The molecule has 1 fully saturated rings. The molecule has 2 aromatic rings. The van der Waals surface area contributed by atoms with E-state index >= 15 is 0 Å². The normalized spacial score (nSPS) is 17.4. The van der Waals surface area contributed by atoms with Gasteiger partial charge in [-0.1, -0.05) is 32.4 Å². The fraction of sp³-hybridized carbons (Fsp3) is 0.478. The summed E-state index contributed by atoms with van der Waals surface area (Å²) >= 11 is 0. The van der Waals surface area contributed by atoms with Gasteiger partial charge in [0.15, 0.2) is 0 Å². The number of rotatable bonds is 7. The molecule has 144 valence electrons. The zero-order valence-electron chi connectivity index (χ0n) is 17.0. The Morgan fingerprint density at radius 2 is 2.04 bits per heavy atom. The zero-order valence-corrected chi connectivity index (χ0v) is 17.0. The van der Waals surface area contributed by atoms with Gasteiger partial charge in [0.05, 0.1) is 11.6 Å². The quantitative estimate of drug-likeness (QED) is 0.707. The number of aryl methyl sites for hydroxylation is 2. The zero-order chi connectivity index (χ0) is 19.6. The van der Waals surface area contributed by atoms with Gasteiger partial charge in [0.1, 0.15) is 6.61 Å². The van der Waals surface area contributed by atoms with E-state index in [1.807, 2.05) is 44.2 Å². The van der Waals surface area contributed by atoms with Crippen LogP contribution in [0.2, 0.25) is 0 Å². The van der Waals surface area contributed by atoms with Crippen LogP contribution in [-0.4, -0.2) is 17.6 Å². The smallest absolute Gasteiger partial charge is 0.213 e. The summed E-state index contributed by atoms with van der Waals surface area (Å²) in [6.07, 6.45) is 4.06. The minimum absolute atomic E-state index is 0.466. The number of nitrogens with zero attached hydrogens (tertiary/aromatic N) is 2. The van der Waals surface area contributed by atoms with Crippen LogP contribution >= 0.6 is 0 Å². The summed E-state index contributed by atoms with van der Waals surface area (Å²) in [5.41, 5.74) is 3.73. The Morgan fingerprint density at radius 3 is 2.63 bits per heavy atom. The van der Waals surface area contributed by atoms with Crippen LogP contribution in [0, 0.1) is 31.1 Å². The largest absolute Gasteiger partial charge is 0.473 e. The summed E-state index contributed by atoms with van der Waals surface area (Å²) in [5, 5.41) is 12.3. The first-order valence-electron chi connectivity index (χ1n) is 9.83. The molecule has 0 aliphatic heterocycles. The molecule has 1 heterocycles. The third-order valence-electron chi connectivity index (χ3n) is 4.76. The minimum Gasteiger partial charge on any atom is -0.473 e. The summed E-state index contributed by atoms with van der Waals surface area (Å²) in [6, 6.07) is 14.3. The van der Waals surface area contributed by atoms with Crippen molar-refractivity contribution in [3.05, 3.63) is 58.8 Å². The number of benzene rings is 1. The van der Waals surface area contributed by atoms with Gasteiger partial charge in [-0.05, 0) is 68.5 Å². The standard InChI is InChI=1S/C15H14N2O.C8H17N/c1-11-8-13(9-16)6-7-14(11)10-18-15-5-3-4-12(2)17-15;1-3-4-5-9-8-6-7(8)2/h3-8H,10H2,1-2H3;7-9H,3-6H2,1-2H3. The second kappa shape index (κ2) is 10.7. The highest BCUT2D eigenvalue weighted by molar-refractivity contribution is 5.37. The van der Waals surface area contributed by atoms with Gasteiger partial charge in [-0.2, -0.15) is 5.26 Å². The van der Waals surface area contributed by atoms with Gasteiger partial charge in [-0.25, -0.2) is 4.98 Å². The minimum atomic E-state index is 0.466. The fourth-order valence-corrected chi connectivity index (χ4v) is 2.75. The SMILES string of the molecule is CCCCNC1CC1C.Cc1cccc(OCc2ccc(C#N)cc2C)n1. The molecule has 4 heteroatoms. The molecule has 1 saturated carbocycles. The molecule has 27 heavy (non-hydrogen) atoms. The van der Waals surface area contributed by atoms with Crippen LogP contribution in [0.25, 0.3) is 0 Å². The summed E-state index contributed by atoms with van der Waals surface area (Å²) < 4.78 is 5.63. The van der Waals surface area contributed by atoms with E-state index in [9.17, 15) is 0 Å². The molecule has 1 aromatic carbocycles. The number of ether oxygens (including phenoxy) is 1. The molecule has 0 radical (unpaired) electrons. The average Bonchev–Trinajstić information content (AvgIpc) is 3.36. The lowest BCUT2D eigenvalue weighted by molar-refractivity contribution is 0.292. The van der Waals surface area contributed by atoms with Gasteiger partial charge in [-0.3, -0.25) is 0 Å². The number of nitriles is 1. The van der Waals surface area contributed by atoms with Gasteiger partial charge in [0.25, 0.3) is 0 Å². The van der Waals surface area contributed by atoms with E-state index in [2.05, 4.69) is 30.2 Å². The topological polar surface area (TPSA) is 57.9 Å². The van der Waals surface area contributed by atoms with E-state index in [0.717, 1.165) is 28.8 Å². The lowest BCUT2D eigenvalue weighted by atomic mass is 10.1. The van der Waals surface area contributed by atoms with E-state index in [0.29, 0.717) is 18.1 Å². The predicted molar refractivity (Wildman–Crippen MR) is 110 cm³/mol. The first kappa shape index (κ1) is 20.9. The second-order valence-corrected chi connectivity index (χ2v) is 7.29. The summed E-state index contributed by atoms with van der Waals surface area (Å²) in [7, 11) is 0. The maximum absolute atomic E-state index is 8.80. The first-order valence-corrected chi connectivity index (χ1v) is 9.83. The third kappa shape index (κ3) is 7.40. The summed E-state index contributed by atoms with van der Waals surface area (Å²) in [4.78, 5) is 4.28. The average molecular weight is 366 g/mol. The predicted octanol–water partition coefficient (Wildman–Crippen LogP) is 4.93. The Balaban J connectivity index is 0.000000244. The molecule has 3 rings (SSSR count). The molecule has 1 aliphatic carbocycles. The monoisotopic (exact) mass is 365 g/mol. The highest BCUT2D eigenvalue weighted by Gasteiger charge is 2.31. The van der Waals surface area contributed by atoms with Crippen molar-refractivity contribution >= 4 is 0 Å². The van der Waals surface area contributed by atoms with E-state index in [1.54, 1.807) is 6.07 Å². The number of aromatic nitrogens is 1. The van der Waals surface area contributed by atoms with Crippen molar-refractivity contribution in [2.75, 3.05) is 6.54 Å². The van der Waals surface area contributed by atoms with Crippen molar-refractivity contribution in [2.24, 2.45) is 5.92 Å². The van der Waals surface area contributed by atoms with Crippen LogP contribution in [0.15, 0.2) is 36.4 Å². The van der Waals surface area contributed by atoms with E-state index in [1.165, 1.54) is 25.8 Å². The molecule has 1 aliphatic rings. The molecule has 0 spiro atoms. The van der Waals surface area contributed by atoms with Gasteiger partial charge in [-0.15, -0.1) is 0 Å². The van der Waals surface area contributed by atoms with Crippen LogP contribution in [0.3, 0.4) is 0 Å². The highest BCUT2D eigenvalue weighted by Crippen LogP contribution is 2.28. The molecule has 2 unspecified atom stereocenters. The van der Waals surface area contributed by atoms with Crippen molar-refractivity contribution in [2.45, 2.75) is 59.6 Å². The molecule has 2 atom stereocenters. The Kier molecular flexibility index (Phi) is 8.29. The number of pyridine rings is 1. The Morgan fingerprint density at radius 1 is 1.26 bits per heavy atom. The fourth-order valence-electron chi connectivity index (χ4n) is 2.75. The van der Waals surface area contributed by atoms with E-state index in [-0.39, 0.29) is 0 Å². The van der Waals surface area contributed by atoms with Crippen LogP contribution in [0.4, 0.5) is 0 Å². The van der Waals surface area contributed by atoms with Gasteiger partial charge in [0, 0.05) is 17.8 Å². The van der Waals surface area contributed by atoms with Gasteiger partial charge in [0.2, 0.25) is 5.88 Å². The van der Waals surface area contributed by atoms with Crippen molar-refractivity contribution in [3.8, 4) is 11.9 Å². The Bertz CT molecular complexity index is 766. The maximum Gasteiger partial charge on any atom is 0.213 e. The van der Waals surface area contributed by atoms with Crippen LogP contribution < -0.4 is 10.1 Å². The van der Waals surface area contributed by atoms with Gasteiger partial charge >= 0.3 is 0 Å². The lowest BCUT2D eigenvalue weighted by Gasteiger charge is -2.08. The Hall–Kier alpha value is -2.38. The number of unbranched alkanes of at least 4 members (excludes halogenated alkanes) is 1. The van der Waals surface area contributed by atoms with Gasteiger partial charge < -0.3 is 10.1 Å². The summed E-state index contributed by atoms with van der Waals surface area (Å²) in [6.45, 7) is 10.1. The van der Waals surface area contributed by atoms with E-state index < -0.39 is 0 Å².